The van der Waals surface area contributed by atoms with Gasteiger partial charge in [-0.3, -0.25) is 0 Å². The minimum atomic E-state index is -3.56. The fraction of sp³-hybridized carbons (Fsp3) is 0.231. The SMILES string of the molecule is COCc1cccc(CNS(=O)(=O)c2cc(Cl)c(Br)s2)c1. The summed E-state index contributed by atoms with van der Waals surface area (Å²) < 4.78 is 32.8. The van der Waals surface area contributed by atoms with Crippen LogP contribution in [0.1, 0.15) is 11.1 Å². The number of hydrogen-bond donors (Lipinski definition) is 1. The number of thiophene rings is 1. The van der Waals surface area contributed by atoms with Gasteiger partial charge in [-0.25, -0.2) is 13.1 Å². The molecule has 1 aromatic carbocycles. The zero-order chi connectivity index (χ0) is 15.5. The summed E-state index contributed by atoms with van der Waals surface area (Å²) in [5.41, 5.74) is 1.87. The Balaban J connectivity index is 2.09. The predicted octanol–water partition coefficient (Wildman–Crippen LogP) is 3.79. The van der Waals surface area contributed by atoms with Gasteiger partial charge in [0.25, 0.3) is 0 Å². The van der Waals surface area contributed by atoms with Crippen LogP contribution in [0.25, 0.3) is 0 Å². The quantitative estimate of drug-likeness (QED) is 0.788. The number of sulfonamides is 1. The Labute approximate surface area is 141 Å². The Morgan fingerprint density at radius 2 is 2.05 bits per heavy atom. The van der Waals surface area contributed by atoms with Crippen molar-refractivity contribution in [3.63, 3.8) is 0 Å². The lowest BCUT2D eigenvalue weighted by Crippen LogP contribution is -2.22. The molecule has 0 unspecified atom stereocenters. The van der Waals surface area contributed by atoms with Crippen LogP contribution in [0.3, 0.4) is 0 Å². The molecule has 0 bridgehead atoms. The molecule has 21 heavy (non-hydrogen) atoms. The standard InChI is InChI=1S/C13H13BrClNO3S2/c1-19-8-10-4-2-3-9(5-10)7-16-21(17,18)12-6-11(15)13(14)20-12/h2-6,16H,7-8H2,1H3. The molecule has 0 aliphatic carbocycles. The van der Waals surface area contributed by atoms with Crippen LogP contribution in [0.4, 0.5) is 0 Å². The molecule has 1 N–H and O–H groups in total. The van der Waals surface area contributed by atoms with E-state index in [0.29, 0.717) is 15.4 Å². The summed E-state index contributed by atoms with van der Waals surface area (Å²) in [5.74, 6) is 0. The average molecular weight is 411 g/mol. The fourth-order valence-electron chi connectivity index (χ4n) is 1.70. The van der Waals surface area contributed by atoms with Gasteiger partial charge in [0.2, 0.25) is 10.0 Å². The van der Waals surface area contributed by atoms with Gasteiger partial charge in [-0.15, -0.1) is 11.3 Å². The van der Waals surface area contributed by atoms with E-state index in [1.165, 1.54) is 6.07 Å². The number of hydrogen-bond acceptors (Lipinski definition) is 4. The molecule has 0 aliphatic heterocycles. The van der Waals surface area contributed by atoms with E-state index in [9.17, 15) is 8.42 Å². The van der Waals surface area contributed by atoms with Crippen molar-refractivity contribution in [2.75, 3.05) is 7.11 Å². The first-order chi connectivity index (χ1) is 9.92. The Kier molecular flexibility index (Phi) is 5.81. The molecule has 2 aromatic rings. The topological polar surface area (TPSA) is 55.4 Å². The summed E-state index contributed by atoms with van der Waals surface area (Å²) in [5, 5.41) is 0.391. The maximum Gasteiger partial charge on any atom is 0.250 e. The highest BCUT2D eigenvalue weighted by molar-refractivity contribution is 9.11. The van der Waals surface area contributed by atoms with E-state index in [0.717, 1.165) is 22.5 Å². The lowest BCUT2D eigenvalue weighted by atomic mass is 10.1. The number of methoxy groups -OCH3 is 1. The van der Waals surface area contributed by atoms with Crippen LogP contribution >= 0.6 is 38.9 Å². The number of rotatable bonds is 6. The van der Waals surface area contributed by atoms with Crippen molar-refractivity contribution in [1.29, 1.82) is 0 Å². The Morgan fingerprint density at radius 1 is 1.33 bits per heavy atom. The molecule has 0 radical (unpaired) electrons. The van der Waals surface area contributed by atoms with Gasteiger partial charge in [-0.05, 0) is 33.1 Å². The zero-order valence-electron chi connectivity index (χ0n) is 11.1. The highest BCUT2D eigenvalue weighted by Crippen LogP contribution is 2.34. The van der Waals surface area contributed by atoms with Crippen LogP contribution in [0.5, 0.6) is 0 Å². The lowest BCUT2D eigenvalue weighted by Gasteiger charge is -2.06. The van der Waals surface area contributed by atoms with Gasteiger partial charge in [-0.2, -0.15) is 0 Å². The molecule has 1 heterocycles. The van der Waals surface area contributed by atoms with Crippen molar-refractivity contribution >= 4 is 48.9 Å². The molecule has 0 aliphatic rings. The molecule has 0 fully saturated rings. The Morgan fingerprint density at radius 3 is 2.67 bits per heavy atom. The number of benzene rings is 1. The molecule has 1 aromatic heterocycles. The first-order valence-corrected chi connectivity index (χ1v) is 9.40. The maximum atomic E-state index is 12.2. The van der Waals surface area contributed by atoms with E-state index in [1.807, 2.05) is 24.3 Å². The molecule has 4 nitrogen and oxygen atoms in total. The van der Waals surface area contributed by atoms with Gasteiger partial charge in [0.15, 0.2) is 0 Å². The molecular formula is C13H13BrClNO3S2. The Bertz CT molecular complexity index is 711. The molecule has 0 saturated carbocycles. The molecular weight excluding hydrogens is 398 g/mol. The second-order valence-corrected chi connectivity index (χ2v) is 9.04. The normalized spacial score (nSPS) is 11.8. The average Bonchev–Trinajstić information content (AvgIpc) is 2.78. The second-order valence-electron chi connectivity index (χ2n) is 4.26. The van der Waals surface area contributed by atoms with Gasteiger partial charge < -0.3 is 4.74 Å². The lowest BCUT2D eigenvalue weighted by molar-refractivity contribution is 0.185. The third-order valence-corrected chi connectivity index (χ3v) is 7.01. The van der Waals surface area contributed by atoms with Crippen LogP contribution in [-0.4, -0.2) is 15.5 Å². The minimum absolute atomic E-state index is 0.187. The zero-order valence-corrected chi connectivity index (χ0v) is 15.1. The highest BCUT2D eigenvalue weighted by atomic mass is 79.9. The Hall–Kier alpha value is -0.440. The van der Waals surface area contributed by atoms with Gasteiger partial charge in [0, 0.05) is 13.7 Å². The molecule has 2 rings (SSSR count). The summed E-state index contributed by atoms with van der Waals surface area (Å²) >= 11 is 10.2. The first-order valence-electron chi connectivity index (χ1n) is 5.93. The van der Waals surface area contributed by atoms with E-state index < -0.39 is 10.0 Å². The van der Waals surface area contributed by atoms with Crippen molar-refractivity contribution in [2.24, 2.45) is 0 Å². The first kappa shape index (κ1) is 16.9. The largest absolute Gasteiger partial charge is 0.380 e. The van der Waals surface area contributed by atoms with Crippen molar-refractivity contribution in [1.82, 2.24) is 4.72 Å². The summed E-state index contributed by atoms with van der Waals surface area (Å²) in [6.45, 7) is 0.709. The van der Waals surface area contributed by atoms with Gasteiger partial charge >= 0.3 is 0 Å². The van der Waals surface area contributed by atoms with Gasteiger partial charge in [-0.1, -0.05) is 35.9 Å². The monoisotopic (exact) mass is 409 g/mol. The summed E-state index contributed by atoms with van der Waals surface area (Å²) in [6.07, 6.45) is 0. The van der Waals surface area contributed by atoms with Crippen LogP contribution in [-0.2, 0) is 27.9 Å². The molecule has 0 amide bonds. The van der Waals surface area contributed by atoms with Gasteiger partial charge in [0.05, 0.1) is 15.4 Å². The number of ether oxygens (including phenoxy) is 1. The summed E-state index contributed by atoms with van der Waals surface area (Å²) in [7, 11) is -1.94. The van der Waals surface area contributed by atoms with E-state index in [1.54, 1.807) is 7.11 Å². The molecule has 0 atom stereocenters. The van der Waals surface area contributed by atoms with E-state index in [4.69, 9.17) is 16.3 Å². The third-order valence-electron chi connectivity index (χ3n) is 2.66. The maximum absolute atomic E-state index is 12.2. The van der Waals surface area contributed by atoms with E-state index in [-0.39, 0.29) is 10.8 Å². The third kappa shape index (κ3) is 4.51. The summed E-state index contributed by atoms with van der Waals surface area (Å²) in [6, 6.07) is 9.00. The summed E-state index contributed by atoms with van der Waals surface area (Å²) in [4.78, 5) is 0. The predicted molar refractivity (Wildman–Crippen MR) is 88.2 cm³/mol. The highest BCUT2D eigenvalue weighted by Gasteiger charge is 2.18. The van der Waals surface area contributed by atoms with Crippen molar-refractivity contribution < 1.29 is 13.2 Å². The molecule has 0 saturated heterocycles. The second kappa shape index (κ2) is 7.21. The molecule has 8 heteroatoms. The van der Waals surface area contributed by atoms with E-state index >= 15 is 0 Å². The van der Waals surface area contributed by atoms with Crippen LogP contribution in [0.15, 0.2) is 38.3 Å². The van der Waals surface area contributed by atoms with Crippen molar-refractivity contribution in [3.8, 4) is 0 Å². The number of nitrogens with one attached hydrogen (secondary N) is 1. The van der Waals surface area contributed by atoms with Crippen LogP contribution in [0, 0.1) is 0 Å². The molecule has 114 valence electrons. The van der Waals surface area contributed by atoms with Crippen LogP contribution < -0.4 is 4.72 Å². The van der Waals surface area contributed by atoms with Gasteiger partial charge in [0.1, 0.15) is 4.21 Å². The molecule has 0 spiro atoms. The van der Waals surface area contributed by atoms with E-state index in [2.05, 4.69) is 20.7 Å². The van der Waals surface area contributed by atoms with Crippen molar-refractivity contribution in [2.45, 2.75) is 17.4 Å². The van der Waals surface area contributed by atoms with Crippen molar-refractivity contribution in [3.05, 3.63) is 50.3 Å². The smallest absolute Gasteiger partial charge is 0.250 e. The minimum Gasteiger partial charge on any atom is -0.380 e. The fourth-order valence-corrected chi connectivity index (χ4v) is 5.17. The van der Waals surface area contributed by atoms with Crippen LogP contribution in [0.2, 0.25) is 5.02 Å². The number of halogens is 2.